The van der Waals surface area contributed by atoms with E-state index in [4.69, 9.17) is 0 Å². The number of anilines is 1. The number of nitrogens with one attached hydrogen (secondary N) is 1. The number of nitrogens with zero attached hydrogens (tertiary/aromatic N) is 1. The highest BCUT2D eigenvalue weighted by atomic mass is 16.2. The standard InChI is InChI=1S/C21H22N2O2/c24-20-5-2-12-23(20)19-10-6-15(7-11-19)14-22-21(25)18-9-8-16-3-1-4-17(16)13-18/h6-11,13H,1-5,12,14H2,(H,22,25). The molecule has 4 heteroatoms. The molecule has 1 saturated heterocycles. The van der Waals surface area contributed by atoms with Gasteiger partial charge >= 0.3 is 0 Å². The van der Waals surface area contributed by atoms with E-state index in [-0.39, 0.29) is 11.8 Å². The van der Waals surface area contributed by atoms with Crippen molar-refractivity contribution in [2.75, 3.05) is 11.4 Å². The molecule has 0 aromatic heterocycles. The van der Waals surface area contributed by atoms with Crippen molar-refractivity contribution in [3.05, 3.63) is 64.7 Å². The molecule has 0 spiro atoms. The average molecular weight is 334 g/mol. The third-order valence-electron chi connectivity index (χ3n) is 5.14. The number of aryl methyl sites for hydroxylation is 2. The minimum atomic E-state index is -0.0338. The van der Waals surface area contributed by atoms with Crippen LogP contribution in [0.2, 0.25) is 0 Å². The van der Waals surface area contributed by atoms with Crippen molar-refractivity contribution < 1.29 is 9.59 Å². The molecule has 2 aromatic rings. The quantitative estimate of drug-likeness (QED) is 0.933. The molecule has 1 aliphatic heterocycles. The SMILES string of the molecule is O=C(NCc1ccc(N2CCCC2=O)cc1)c1ccc2c(c1)CCC2. The normalized spacial score (nSPS) is 16.2. The summed E-state index contributed by atoms with van der Waals surface area (Å²) in [5, 5.41) is 2.98. The third kappa shape index (κ3) is 3.29. The van der Waals surface area contributed by atoms with Crippen LogP contribution in [-0.2, 0) is 24.2 Å². The van der Waals surface area contributed by atoms with Gasteiger partial charge in [0, 0.05) is 30.8 Å². The Morgan fingerprint density at radius 2 is 1.76 bits per heavy atom. The van der Waals surface area contributed by atoms with E-state index in [1.54, 1.807) is 0 Å². The summed E-state index contributed by atoms with van der Waals surface area (Å²) in [6, 6.07) is 13.9. The summed E-state index contributed by atoms with van der Waals surface area (Å²) in [6.45, 7) is 1.29. The van der Waals surface area contributed by atoms with Crippen LogP contribution in [0.15, 0.2) is 42.5 Å². The van der Waals surface area contributed by atoms with Gasteiger partial charge in [0.25, 0.3) is 5.91 Å². The lowest BCUT2D eigenvalue weighted by Gasteiger charge is -2.16. The van der Waals surface area contributed by atoms with Gasteiger partial charge in [-0.15, -0.1) is 0 Å². The third-order valence-corrected chi connectivity index (χ3v) is 5.14. The first-order valence-electron chi connectivity index (χ1n) is 9.00. The minimum absolute atomic E-state index is 0.0338. The highest BCUT2D eigenvalue weighted by molar-refractivity contribution is 5.95. The molecule has 0 bridgehead atoms. The van der Waals surface area contributed by atoms with E-state index < -0.39 is 0 Å². The maximum absolute atomic E-state index is 12.4. The van der Waals surface area contributed by atoms with E-state index in [0.717, 1.165) is 42.6 Å². The molecule has 1 N–H and O–H groups in total. The number of amides is 2. The lowest BCUT2D eigenvalue weighted by atomic mass is 10.1. The van der Waals surface area contributed by atoms with Gasteiger partial charge < -0.3 is 10.2 Å². The molecule has 2 aromatic carbocycles. The molecule has 1 aliphatic carbocycles. The Kier molecular flexibility index (Phi) is 4.26. The molecule has 4 rings (SSSR count). The van der Waals surface area contributed by atoms with E-state index in [1.807, 2.05) is 41.3 Å². The van der Waals surface area contributed by atoms with Gasteiger partial charge in [-0.05, 0) is 66.6 Å². The summed E-state index contributed by atoms with van der Waals surface area (Å²) >= 11 is 0. The van der Waals surface area contributed by atoms with Gasteiger partial charge in [-0.25, -0.2) is 0 Å². The van der Waals surface area contributed by atoms with Crippen molar-refractivity contribution in [1.82, 2.24) is 5.32 Å². The fourth-order valence-corrected chi connectivity index (χ4v) is 3.71. The van der Waals surface area contributed by atoms with Crippen molar-refractivity contribution in [3.8, 4) is 0 Å². The fraction of sp³-hybridized carbons (Fsp3) is 0.333. The van der Waals surface area contributed by atoms with E-state index in [2.05, 4.69) is 11.4 Å². The van der Waals surface area contributed by atoms with Crippen LogP contribution in [0.1, 0.15) is 46.3 Å². The summed E-state index contributed by atoms with van der Waals surface area (Å²) in [4.78, 5) is 26.0. The second-order valence-corrected chi connectivity index (χ2v) is 6.84. The van der Waals surface area contributed by atoms with Crippen molar-refractivity contribution >= 4 is 17.5 Å². The second kappa shape index (κ2) is 6.71. The number of hydrogen-bond donors (Lipinski definition) is 1. The molecule has 2 amide bonds. The van der Waals surface area contributed by atoms with Crippen LogP contribution in [0, 0.1) is 0 Å². The van der Waals surface area contributed by atoms with Crippen molar-refractivity contribution in [1.29, 1.82) is 0 Å². The van der Waals surface area contributed by atoms with Crippen LogP contribution in [0.4, 0.5) is 5.69 Å². The van der Waals surface area contributed by atoms with Gasteiger partial charge in [0.1, 0.15) is 0 Å². The van der Waals surface area contributed by atoms with E-state index in [1.165, 1.54) is 17.5 Å². The zero-order valence-electron chi connectivity index (χ0n) is 14.3. The molecule has 128 valence electrons. The molecule has 0 atom stereocenters. The van der Waals surface area contributed by atoms with Crippen LogP contribution >= 0.6 is 0 Å². The first kappa shape index (κ1) is 15.9. The number of carbonyl (C=O) groups excluding carboxylic acids is 2. The van der Waals surface area contributed by atoms with Crippen LogP contribution in [0.3, 0.4) is 0 Å². The summed E-state index contributed by atoms with van der Waals surface area (Å²) in [6.07, 6.45) is 4.96. The van der Waals surface area contributed by atoms with E-state index in [9.17, 15) is 9.59 Å². The average Bonchev–Trinajstić information content (AvgIpc) is 3.28. The monoisotopic (exact) mass is 334 g/mol. The predicted octanol–water partition coefficient (Wildman–Crippen LogP) is 3.23. The maximum Gasteiger partial charge on any atom is 0.251 e. The van der Waals surface area contributed by atoms with Gasteiger partial charge in [-0.2, -0.15) is 0 Å². The Bertz CT molecular complexity index is 811. The van der Waals surface area contributed by atoms with Gasteiger partial charge in [0.05, 0.1) is 0 Å². The number of fused-ring (bicyclic) bond motifs is 1. The summed E-state index contributed by atoms with van der Waals surface area (Å²) in [7, 11) is 0. The van der Waals surface area contributed by atoms with Crippen LogP contribution < -0.4 is 10.2 Å². The van der Waals surface area contributed by atoms with Crippen molar-refractivity contribution in [2.24, 2.45) is 0 Å². The Morgan fingerprint density at radius 3 is 2.52 bits per heavy atom. The van der Waals surface area contributed by atoms with Gasteiger partial charge in [-0.3, -0.25) is 9.59 Å². The Labute approximate surface area is 147 Å². The smallest absolute Gasteiger partial charge is 0.251 e. The Balaban J connectivity index is 1.38. The molecule has 1 fully saturated rings. The fourth-order valence-electron chi connectivity index (χ4n) is 3.71. The number of carbonyl (C=O) groups is 2. The molecular formula is C21H22N2O2. The Morgan fingerprint density at radius 1 is 0.960 bits per heavy atom. The molecule has 1 heterocycles. The van der Waals surface area contributed by atoms with Crippen molar-refractivity contribution in [2.45, 2.75) is 38.6 Å². The van der Waals surface area contributed by atoms with Gasteiger partial charge in [0.2, 0.25) is 5.91 Å². The zero-order valence-corrected chi connectivity index (χ0v) is 14.3. The second-order valence-electron chi connectivity index (χ2n) is 6.84. The lowest BCUT2D eigenvalue weighted by Crippen LogP contribution is -2.24. The molecule has 2 aliphatic rings. The Hall–Kier alpha value is -2.62. The summed E-state index contributed by atoms with van der Waals surface area (Å²) < 4.78 is 0. The first-order valence-corrected chi connectivity index (χ1v) is 9.00. The van der Waals surface area contributed by atoms with Gasteiger partial charge in [0.15, 0.2) is 0 Å². The summed E-state index contributed by atoms with van der Waals surface area (Å²) in [5.74, 6) is 0.158. The topological polar surface area (TPSA) is 49.4 Å². The molecule has 4 nitrogen and oxygen atoms in total. The highest BCUT2D eigenvalue weighted by Crippen LogP contribution is 2.23. The van der Waals surface area contributed by atoms with E-state index >= 15 is 0 Å². The molecular weight excluding hydrogens is 312 g/mol. The molecule has 25 heavy (non-hydrogen) atoms. The predicted molar refractivity (Wildman–Crippen MR) is 97.7 cm³/mol. The molecule has 0 saturated carbocycles. The number of benzene rings is 2. The zero-order chi connectivity index (χ0) is 17.2. The summed E-state index contributed by atoms with van der Waals surface area (Å²) in [5.41, 5.74) is 5.40. The first-order chi connectivity index (χ1) is 12.2. The van der Waals surface area contributed by atoms with Crippen LogP contribution in [-0.4, -0.2) is 18.4 Å². The highest BCUT2D eigenvalue weighted by Gasteiger charge is 2.21. The van der Waals surface area contributed by atoms with E-state index in [0.29, 0.717) is 13.0 Å². The number of rotatable bonds is 4. The van der Waals surface area contributed by atoms with Crippen LogP contribution in [0.5, 0.6) is 0 Å². The lowest BCUT2D eigenvalue weighted by molar-refractivity contribution is -0.117. The maximum atomic E-state index is 12.4. The van der Waals surface area contributed by atoms with Crippen LogP contribution in [0.25, 0.3) is 0 Å². The largest absolute Gasteiger partial charge is 0.348 e. The van der Waals surface area contributed by atoms with Gasteiger partial charge in [-0.1, -0.05) is 18.2 Å². The molecule has 0 unspecified atom stereocenters. The number of hydrogen-bond acceptors (Lipinski definition) is 2. The van der Waals surface area contributed by atoms with Crippen molar-refractivity contribution in [3.63, 3.8) is 0 Å². The minimum Gasteiger partial charge on any atom is -0.348 e. The molecule has 0 radical (unpaired) electrons.